The van der Waals surface area contributed by atoms with Crippen LogP contribution in [0.25, 0.3) is 0 Å². The first-order valence-corrected chi connectivity index (χ1v) is 9.67. The van der Waals surface area contributed by atoms with E-state index in [9.17, 15) is 9.59 Å². The number of likely N-dealkylation sites (tertiary alicyclic amines) is 1. The minimum atomic E-state index is -0.551. The maximum atomic E-state index is 13.2. The van der Waals surface area contributed by atoms with Gasteiger partial charge >= 0.3 is 6.09 Å². The van der Waals surface area contributed by atoms with E-state index in [1.807, 2.05) is 63.2 Å². The molecule has 0 unspecified atom stereocenters. The summed E-state index contributed by atoms with van der Waals surface area (Å²) in [5.74, 6) is 0.955. The first kappa shape index (κ1) is 19.9. The number of ketones is 1. The summed E-state index contributed by atoms with van der Waals surface area (Å²) < 4.78 is 11.4. The Balaban J connectivity index is 1.74. The molecule has 1 aliphatic rings. The van der Waals surface area contributed by atoms with Crippen LogP contribution in [0.3, 0.4) is 0 Å². The summed E-state index contributed by atoms with van der Waals surface area (Å²) in [6.07, 6.45) is 1.16. The number of hydrogen-bond acceptors (Lipinski definition) is 4. The summed E-state index contributed by atoms with van der Waals surface area (Å²) >= 11 is 0. The molecule has 0 aliphatic carbocycles. The monoisotopic (exact) mass is 381 g/mol. The predicted molar refractivity (Wildman–Crippen MR) is 108 cm³/mol. The molecule has 2 aromatic rings. The fraction of sp³-hybridized carbons (Fsp3) is 0.391. The second-order valence-electron chi connectivity index (χ2n) is 8.04. The van der Waals surface area contributed by atoms with Gasteiger partial charge in [0.25, 0.3) is 0 Å². The van der Waals surface area contributed by atoms with E-state index in [1.54, 1.807) is 17.0 Å². The van der Waals surface area contributed by atoms with Gasteiger partial charge in [0.2, 0.25) is 0 Å². The van der Waals surface area contributed by atoms with Crippen LogP contribution in [-0.2, 0) is 4.74 Å². The third-order valence-electron chi connectivity index (χ3n) is 4.57. The lowest BCUT2D eigenvalue weighted by molar-refractivity contribution is 0.0172. The number of rotatable bonds is 4. The van der Waals surface area contributed by atoms with E-state index >= 15 is 0 Å². The van der Waals surface area contributed by atoms with Gasteiger partial charge < -0.3 is 14.4 Å². The SMILES string of the molecule is CC(C)(C)OC(=O)N1CCC[C@@H](C(=O)c2ccccc2Oc2ccccc2)C1. The maximum Gasteiger partial charge on any atom is 0.410 e. The van der Waals surface area contributed by atoms with Crippen molar-refractivity contribution in [2.45, 2.75) is 39.2 Å². The Morgan fingerprint density at radius 3 is 2.39 bits per heavy atom. The zero-order valence-electron chi connectivity index (χ0n) is 16.7. The van der Waals surface area contributed by atoms with E-state index in [4.69, 9.17) is 9.47 Å². The average molecular weight is 381 g/mol. The lowest BCUT2D eigenvalue weighted by Crippen LogP contribution is -2.44. The Morgan fingerprint density at radius 2 is 1.68 bits per heavy atom. The third kappa shape index (κ3) is 5.12. The van der Waals surface area contributed by atoms with Crippen LogP contribution in [-0.4, -0.2) is 35.5 Å². The number of piperidine rings is 1. The number of amides is 1. The van der Waals surface area contributed by atoms with Crippen molar-refractivity contribution in [1.82, 2.24) is 4.90 Å². The van der Waals surface area contributed by atoms with Crippen LogP contribution >= 0.6 is 0 Å². The topological polar surface area (TPSA) is 55.8 Å². The number of carbonyl (C=O) groups excluding carboxylic acids is 2. The van der Waals surface area contributed by atoms with Crippen molar-refractivity contribution in [2.75, 3.05) is 13.1 Å². The summed E-state index contributed by atoms with van der Waals surface area (Å²) in [6.45, 7) is 6.51. The Labute approximate surface area is 166 Å². The van der Waals surface area contributed by atoms with E-state index in [-0.39, 0.29) is 17.8 Å². The molecule has 1 fully saturated rings. The van der Waals surface area contributed by atoms with Crippen molar-refractivity contribution in [3.8, 4) is 11.5 Å². The van der Waals surface area contributed by atoms with Gasteiger partial charge in [-0.2, -0.15) is 0 Å². The number of benzene rings is 2. The van der Waals surface area contributed by atoms with Gasteiger partial charge in [-0.25, -0.2) is 4.79 Å². The van der Waals surface area contributed by atoms with Crippen LogP contribution in [0.4, 0.5) is 4.79 Å². The minimum absolute atomic E-state index is 0.000195. The van der Waals surface area contributed by atoms with Crippen molar-refractivity contribution in [3.05, 3.63) is 60.2 Å². The van der Waals surface area contributed by atoms with Crippen molar-refractivity contribution < 1.29 is 19.1 Å². The van der Waals surface area contributed by atoms with E-state index in [0.29, 0.717) is 30.2 Å². The van der Waals surface area contributed by atoms with Crippen molar-refractivity contribution in [3.63, 3.8) is 0 Å². The molecule has 0 radical (unpaired) electrons. The van der Waals surface area contributed by atoms with Gasteiger partial charge in [0, 0.05) is 19.0 Å². The summed E-state index contributed by atoms with van der Waals surface area (Å²) in [5.41, 5.74) is -0.00755. The third-order valence-corrected chi connectivity index (χ3v) is 4.57. The molecule has 2 aromatic carbocycles. The van der Waals surface area contributed by atoms with E-state index in [2.05, 4.69) is 0 Å². The van der Waals surface area contributed by atoms with Crippen LogP contribution in [0.15, 0.2) is 54.6 Å². The number of carbonyl (C=O) groups is 2. The smallest absolute Gasteiger partial charge is 0.410 e. The number of Topliss-reactive ketones (excluding diaryl/α,β-unsaturated/α-hetero) is 1. The molecule has 0 saturated carbocycles. The first-order valence-electron chi connectivity index (χ1n) is 9.67. The molecule has 5 nitrogen and oxygen atoms in total. The number of nitrogens with zero attached hydrogens (tertiary/aromatic N) is 1. The Bertz CT molecular complexity index is 826. The molecular formula is C23H27NO4. The maximum absolute atomic E-state index is 13.2. The fourth-order valence-corrected chi connectivity index (χ4v) is 3.28. The molecule has 28 heavy (non-hydrogen) atoms. The van der Waals surface area contributed by atoms with E-state index in [1.165, 1.54) is 0 Å². The highest BCUT2D eigenvalue weighted by molar-refractivity contribution is 6.00. The molecule has 1 saturated heterocycles. The minimum Gasteiger partial charge on any atom is -0.457 e. The predicted octanol–water partition coefficient (Wildman–Crippen LogP) is 5.31. The molecule has 148 valence electrons. The van der Waals surface area contributed by atoms with Crippen molar-refractivity contribution in [2.24, 2.45) is 5.92 Å². The molecule has 0 N–H and O–H groups in total. The Hall–Kier alpha value is -2.82. The van der Waals surface area contributed by atoms with Crippen molar-refractivity contribution >= 4 is 11.9 Å². The lowest BCUT2D eigenvalue weighted by atomic mass is 9.89. The average Bonchev–Trinajstić information content (AvgIpc) is 2.67. The molecule has 3 rings (SSSR count). The first-order chi connectivity index (χ1) is 13.3. The Morgan fingerprint density at radius 1 is 1.00 bits per heavy atom. The lowest BCUT2D eigenvalue weighted by Gasteiger charge is -2.33. The highest BCUT2D eigenvalue weighted by Crippen LogP contribution is 2.30. The molecular weight excluding hydrogens is 354 g/mol. The number of ether oxygens (including phenoxy) is 2. The standard InChI is InChI=1S/C23H27NO4/c1-23(2,3)28-22(26)24-15-9-10-17(16-24)21(25)19-13-7-8-14-20(19)27-18-11-5-4-6-12-18/h4-8,11-14,17H,9-10,15-16H2,1-3H3/t17-/m1/s1. The molecule has 1 amide bonds. The fourth-order valence-electron chi connectivity index (χ4n) is 3.28. The van der Waals surface area contributed by atoms with Gasteiger partial charge in [-0.15, -0.1) is 0 Å². The summed E-state index contributed by atoms with van der Waals surface area (Å²) in [5, 5.41) is 0. The molecule has 1 aliphatic heterocycles. The van der Waals surface area contributed by atoms with E-state index in [0.717, 1.165) is 12.8 Å². The summed E-state index contributed by atoms with van der Waals surface area (Å²) in [6, 6.07) is 16.7. The molecule has 1 atom stereocenters. The number of hydrogen-bond donors (Lipinski definition) is 0. The second-order valence-corrected chi connectivity index (χ2v) is 8.04. The molecule has 0 aromatic heterocycles. The quantitative estimate of drug-likeness (QED) is 0.674. The zero-order valence-corrected chi connectivity index (χ0v) is 16.7. The van der Waals surface area contributed by atoms with Gasteiger partial charge in [-0.05, 0) is 57.9 Å². The number of para-hydroxylation sites is 2. The van der Waals surface area contributed by atoms with Crippen LogP contribution in [0.1, 0.15) is 44.0 Å². The highest BCUT2D eigenvalue weighted by Gasteiger charge is 2.32. The van der Waals surface area contributed by atoms with Gasteiger partial charge in [0.05, 0.1) is 5.56 Å². The van der Waals surface area contributed by atoms with Gasteiger partial charge in [0.15, 0.2) is 5.78 Å². The van der Waals surface area contributed by atoms with Crippen LogP contribution in [0, 0.1) is 5.92 Å². The Kier molecular flexibility index (Phi) is 6.02. The molecule has 1 heterocycles. The van der Waals surface area contributed by atoms with Gasteiger partial charge in [0.1, 0.15) is 17.1 Å². The largest absolute Gasteiger partial charge is 0.457 e. The zero-order chi connectivity index (χ0) is 20.1. The van der Waals surface area contributed by atoms with Crippen molar-refractivity contribution in [1.29, 1.82) is 0 Å². The van der Waals surface area contributed by atoms with Gasteiger partial charge in [-0.3, -0.25) is 4.79 Å². The summed E-state index contributed by atoms with van der Waals surface area (Å²) in [7, 11) is 0. The normalized spacial score (nSPS) is 17.1. The van der Waals surface area contributed by atoms with E-state index < -0.39 is 5.60 Å². The van der Waals surface area contributed by atoms with Crippen LogP contribution in [0.5, 0.6) is 11.5 Å². The van der Waals surface area contributed by atoms with Crippen LogP contribution in [0.2, 0.25) is 0 Å². The molecule has 0 spiro atoms. The highest BCUT2D eigenvalue weighted by atomic mass is 16.6. The van der Waals surface area contributed by atoms with Gasteiger partial charge in [-0.1, -0.05) is 30.3 Å². The second kappa shape index (κ2) is 8.46. The molecule has 0 bridgehead atoms. The van der Waals surface area contributed by atoms with Crippen LogP contribution < -0.4 is 4.74 Å². The molecule has 5 heteroatoms. The summed E-state index contributed by atoms with van der Waals surface area (Å²) in [4.78, 5) is 27.2.